The quantitative estimate of drug-likeness (QED) is 0.598. The van der Waals surface area contributed by atoms with Crippen molar-refractivity contribution in [1.29, 1.82) is 0 Å². The summed E-state index contributed by atoms with van der Waals surface area (Å²) in [5.74, 6) is 0.517. The van der Waals surface area contributed by atoms with E-state index in [0.717, 1.165) is 0 Å². The summed E-state index contributed by atoms with van der Waals surface area (Å²) < 4.78 is 12.5. The summed E-state index contributed by atoms with van der Waals surface area (Å²) in [5, 5.41) is 0. The van der Waals surface area contributed by atoms with Gasteiger partial charge in [-0.2, -0.15) is 0 Å². The van der Waals surface area contributed by atoms with Crippen molar-refractivity contribution in [2.45, 2.75) is 25.9 Å². The van der Waals surface area contributed by atoms with Crippen molar-refractivity contribution in [3.8, 4) is 5.75 Å². The highest BCUT2D eigenvalue weighted by Crippen LogP contribution is 2.28. The van der Waals surface area contributed by atoms with E-state index >= 15 is 0 Å². The Morgan fingerprint density at radius 3 is 2.52 bits per heavy atom. The highest BCUT2D eigenvalue weighted by molar-refractivity contribution is 5.98. The summed E-state index contributed by atoms with van der Waals surface area (Å²) in [7, 11) is 3.14. The Kier molecular flexibility index (Phi) is 6.35. The zero-order valence-electron chi connectivity index (χ0n) is 19.0. The van der Waals surface area contributed by atoms with Gasteiger partial charge in [0.1, 0.15) is 17.1 Å². The molecule has 8 nitrogen and oxygen atoms in total. The molecule has 0 fully saturated rings. The van der Waals surface area contributed by atoms with E-state index in [9.17, 15) is 14.4 Å². The molecule has 2 aromatic heterocycles. The van der Waals surface area contributed by atoms with Crippen molar-refractivity contribution in [3.63, 3.8) is 0 Å². The maximum Gasteiger partial charge on any atom is 0.259 e. The molecule has 8 heteroatoms. The lowest BCUT2D eigenvalue weighted by Gasteiger charge is -2.26. The number of hydrogen-bond donors (Lipinski definition) is 0. The second-order valence-corrected chi connectivity index (χ2v) is 8.04. The molecule has 33 heavy (non-hydrogen) atoms. The van der Waals surface area contributed by atoms with Crippen LogP contribution >= 0.6 is 0 Å². The lowest BCUT2D eigenvalue weighted by molar-refractivity contribution is 0.0720. The topological polar surface area (TPSA) is 85.0 Å². The zero-order chi connectivity index (χ0) is 23.5. The summed E-state index contributed by atoms with van der Waals surface area (Å²) in [4.78, 5) is 42.7. The number of carbonyl (C=O) groups excluding carboxylic acids is 2. The lowest BCUT2D eigenvalue weighted by Crippen LogP contribution is -2.34. The van der Waals surface area contributed by atoms with E-state index in [1.54, 1.807) is 45.9 Å². The van der Waals surface area contributed by atoms with E-state index in [4.69, 9.17) is 9.15 Å². The molecule has 1 aliphatic heterocycles. The molecular weight excluding hydrogens is 422 g/mol. The van der Waals surface area contributed by atoms with Gasteiger partial charge in [-0.3, -0.25) is 14.4 Å². The van der Waals surface area contributed by atoms with Crippen LogP contribution in [0.15, 0.2) is 64.0 Å². The van der Waals surface area contributed by atoms with Gasteiger partial charge in [0, 0.05) is 50.4 Å². The number of pyridine rings is 1. The molecule has 3 aromatic rings. The number of ether oxygens (including phenoxy) is 1. The Balaban J connectivity index is 1.68. The Morgan fingerprint density at radius 2 is 1.85 bits per heavy atom. The van der Waals surface area contributed by atoms with Gasteiger partial charge in [-0.05, 0) is 31.2 Å². The van der Waals surface area contributed by atoms with Crippen LogP contribution in [0, 0.1) is 0 Å². The number of hydrogen-bond acceptors (Lipinski definition) is 5. The van der Waals surface area contributed by atoms with Crippen LogP contribution in [0.25, 0.3) is 0 Å². The fraction of sp³-hybridized carbons (Fsp3) is 0.320. The third-order valence-electron chi connectivity index (χ3n) is 6.19. The van der Waals surface area contributed by atoms with Crippen molar-refractivity contribution < 1.29 is 18.7 Å². The number of amides is 2. The summed E-state index contributed by atoms with van der Waals surface area (Å²) in [6.07, 6.45) is 1.92. The average molecular weight is 450 g/mol. The van der Waals surface area contributed by atoms with Crippen LogP contribution in [0.3, 0.4) is 0 Å². The van der Waals surface area contributed by atoms with Gasteiger partial charge in [0.05, 0.1) is 19.4 Å². The Labute approximate surface area is 192 Å². The van der Waals surface area contributed by atoms with Crippen molar-refractivity contribution >= 4 is 11.8 Å². The first-order valence-electron chi connectivity index (χ1n) is 10.9. The predicted octanol–water partition coefficient (Wildman–Crippen LogP) is 2.98. The van der Waals surface area contributed by atoms with Crippen LogP contribution in [0.2, 0.25) is 0 Å². The third-order valence-corrected chi connectivity index (χ3v) is 6.19. The number of furan rings is 1. The van der Waals surface area contributed by atoms with Gasteiger partial charge >= 0.3 is 0 Å². The fourth-order valence-electron chi connectivity index (χ4n) is 4.18. The summed E-state index contributed by atoms with van der Waals surface area (Å²) in [6, 6.07) is 13.7. The number of nitrogens with zero attached hydrogens (tertiary/aromatic N) is 3. The van der Waals surface area contributed by atoms with E-state index in [0.29, 0.717) is 48.6 Å². The van der Waals surface area contributed by atoms with Crippen molar-refractivity contribution in [3.05, 3.63) is 87.7 Å². The number of benzene rings is 1. The van der Waals surface area contributed by atoms with Crippen molar-refractivity contribution in [2.24, 2.45) is 0 Å². The monoisotopic (exact) mass is 449 g/mol. The second kappa shape index (κ2) is 9.36. The van der Waals surface area contributed by atoms with Gasteiger partial charge in [-0.15, -0.1) is 0 Å². The number of aromatic nitrogens is 1. The highest BCUT2D eigenvalue weighted by Gasteiger charge is 2.30. The molecule has 1 aliphatic rings. The largest absolute Gasteiger partial charge is 0.496 e. The third kappa shape index (κ3) is 4.28. The SMILES string of the molecule is COc1cc(=O)n2c(c1C(=O)N(C)[C@H](C)c1ccco1)CCN(C(=O)c1ccccc1)CC2. The van der Waals surface area contributed by atoms with Gasteiger partial charge < -0.3 is 23.5 Å². The first-order valence-corrected chi connectivity index (χ1v) is 10.9. The molecule has 0 spiro atoms. The molecular formula is C25H27N3O5. The fourth-order valence-corrected chi connectivity index (χ4v) is 4.18. The minimum absolute atomic E-state index is 0.0974. The summed E-state index contributed by atoms with van der Waals surface area (Å²) in [5.41, 5.74) is 1.25. The molecule has 172 valence electrons. The molecule has 0 unspecified atom stereocenters. The standard InChI is InChI=1S/C25H27N3O5/c1-17(20-10-7-15-33-20)26(2)25(31)23-19-11-12-27(24(30)18-8-5-4-6-9-18)13-14-28(19)22(29)16-21(23)32-3/h4-10,15-17H,11-14H2,1-3H3/t17-/m1/s1. The molecule has 0 bridgehead atoms. The normalized spacial score (nSPS) is 14.2. The van der Waals surface area contributed by atoms with Crippen LogP contribution in [-0.4, -0.2) is 53.4 Å². The lowest BCUT2D eigenvalue weighted by atomic mass is 10.1. The van der Waals surface area contributed by atoms with Crippen LogP contribution in [0.4, 0.5) is 0 Å². The van der Waals surface area contributed by atoms with Crippen LogP contribution in [0.5, 0.6) is 5.75 Å². The van der Waals surface area contributed by atoms with Crippen molar-refractivity contribution in [2.75, 3.05) is 27.2 Å². The first kappa shape index (κ1) is 22.4. The minimum atomic E-state index is -0.313. The Morgan fingerprint density at radius 1 is 1.09 bits per heavy atom. The maximum atomic E-state index is 13.6. The van der Waals surface area contributed by atoms with Gasteiger partial charge in [-0.1, -0.05) is 18.2 Å². The van der Waals surface area contributed by atoms with Crippen LogP contribution in [0.1, 0.15) is 45.1 Å². The predicted molar refractivity (Wildman–Crippen MR) is 123 cm³/mol. The second-order valence-electron chi connectivity index (χ2n) is 8.04. The summed E-state index contributed by atoms with van der Waals surface area (Å²) >= 11 is 0. The molecule has 1 atom stereocenters. The Hall–Kier alpha value is -3.81. The van der Waals surface area contributed by atoms with Gasteiger partial charge in [0.2, 0.25) is 0 Å². The molecule has 1 aromatic carbocycles. The molecule has 0 radical (unpaired) electrons. The highest BCUT2D eigenvalue weighted by atomic mass is 16.5. The van der Waals surface area contributed by atoms with Crippen LogP contribution in [-0.2, 0) is 13.0 Å². The summed E-state index contributed by atoms with van der Waals surface area (Å²) in [6.45, 7) is 2.93. The van der Waals surface area contributed by atoms with E-state index in [-0.39, 0.29) is 29.2 Å². The molecule has 3 heterocycles. The molecule has 0 N–H and O–H groups in total. The number of fused-ring (bicyclic) bond motifs is 1. The van der Waals surface area contributed by atoms with Crippen molar-refractivity contribution in [1.82, 2.24) is 14.4 Å². The van der Waals surface area contributed by atoms with Gasteiger partial charge in [-0.25, -0.2) is 0 Å². The minimum Gasteiger partial charge on any atom is -0.496 e. The van der Waals surface area contributed by atoms with Gasteiger partial charge in [0.25, 0.3) is 17.4 Å². The molecule has 2 amide bonds. The molecule has 0 aliphatic carbocycles. The maximum absolute atomic E-state index is 13.6. The van der Waals surface area contributed by atoms with E-state index in [2.05, 4.69) is 0 Å². The number of methoxy groups -OCH3 is 1. The smallest absolute Gasteiger partial charge is 0.259 e. The zero-order valence-corrected chi connectivity index (χ0v) is 19.0. The average Bonchev–Trinajstić information content (AvgIpc) is 3.29. The Bertz CT molecular complexity index is 1200. The molecule has 0 saturated heterocycles. The number of rotatable bonds is 5. The van der Waals surface area contributed by atoms with Gasteiger partial charge in [0.15, 0.2) is 0 Å². The van der Waals surface area contributed by atoms with Crippen LogP contribution < -0.4 is 10.3 Å². The van der Waals surface area contributed by atoms with E-state index in [1.807, 2.05) is 31.2 Å². The van der Waals surface area contributed by atoms with E-state index < -0.39 is 0 Å². The molecule has 0 saturated carbocycles. The molecule has 4 rings (SSSR count). The number of carbonyl (C=O) groups is 2. The van der Waals surface area contributed by atoms with E-state index in [1.165, 1.54) is 13.2 Å². The first-order chi connectivity index (χ1) is 15.9.